The maximum absolute atomic E-state index is 11.5. The number of aliphatic hydroxyl groups is 2. The first kappa shape index (κ1) is 15.2. The highest BCUT2D eigenvalue weighted by Crippen LogP contribution is 2.38. The Morgan fingerprint density at radius 1 is 1.39 bits per heavy atom. The molecule has 1 aliphatic carbocycles. The van der Waals surface area contributed by atoms with Crippen molar-refractivity contribution in [3.05, 3.63) is 0 Å². The summed E-state index contributed by atoms with van der Waals surface area (Å²) in [4.78, 5) is 11.5. The number of carbonyl (C=O) groups excluding carboxylic acids is 1. The molecule has 3 atom stereocenters. The van der Waals surface area contributed by atoms with Crippen LogP contribution in [-0.4, -0.2) is 54.8 Å². The fourth-order valence-corrected chi connectivity index (χ4v) is 2.44. The molecule has 1 unspecified atom stereocenters. The minimum Gasteiger partial charge on any atom is -0.390 e. The van der Waals surface area contributed by atoms with Crippen LogP contribution in [0.3, 0.4) is 0 Å². The van der Waals surface area contributed by atoms with Crippen LogP contribution >= 0.6 is 0 Å². The van der Waals surface area contributed by atoms with E-state index in [1.54, 1.807) is 7.11 Å². The molecule has 1 rings (SSSR count). The molecule has 0 aliphatic heterocycles. The molecule has 0 aromatic rings. The second kappa shape index (κ2) is 6.36. The van der Waals surface area contributed by atoms with E-state index in [1.165, 1.54) is 0 Å². The van der Waals surface area contributed by atoms with E-state index < -0.39 is 12.2 Å². The largest absolute Gasteiger partial charge is 0.390 e. The monoisotopic (exact) mass is 260 g/mol. The SMILES string of the molecule is COCC1(CNC(=O)NC(C)C)C[C@@H](O)[C@@H](O)C1. The lowest BCUT2D eigenvalue weighted by Gasteiger charge is -2.28. The normalized spacial score (nSPS) is 31.7. The molecule has 6 nitrogen and oxygen atoms in total. The predicted molar refractivity (Wildman–Crippen MR) is 67.2 cm³/mol. The molecule has 0 aromatic carbocycles. The standard InChI is InChI=1S/C12H24N2O4/c1-8(2)14-11(17)13-6-12(7-18-3)4-9(15)10(16)5-12/h8-10,15-16H,4-7H2,1-3H3,(H2,13,14,17)/t9-,10+,12?. The molecule has 2 amide bonds. The van der Waals surface area contributed by atoms with Crippen molar-refractivity contribution in [1.82, 2.24) is 10.6 Å². The summed E-state index contributed by atoms with van der Waals surface area (Å²) < 4.78 is 5.15. The molecule has 4 N–H and O–H groups in total. The second-order valence-corrected chi connectivity index (χ2v) is 5.46. The number of rotatable bonds is 5. The van der Waals surface area contributed by atoms with Gasteiger partial charge in [-0.25, -0.2) is 4.79 Å². The van der Waals surface area contributed by atoms with E-state index in [9.17, 15) is 15.0 Å². The number of ether oxygens (including phenoxy) is 1. The summed E-state index contributed by atoms with van der Waals surface area (Å²) in [5.41, 5.74) is -0.387. The Kier molecular flexibility index (Phi) is 5.37. The number of hydrogen-bond donors (Lipinski definition) is 4. The van der Waals surface area contributed by atoms with Gasteiger partial charge in [-0.05, 0) is 26.7 Å². The lowest BCUT2D eigenvalue weighted by Crippen LogP contribution is -2.45. The smallest absolute Gasteiger partial charge is 0.315 e. The Hall–Kier alpha value is -0.850. The lowest BCUT2D eigenvalue weighted by molar-refractivity contribution is 0.0438. The van der Waals surface area contributed by atoms with Gasteiger partial charge in [-0.15, -0.1) is 0 Å². The molecule has 18 heavy (non-hydrogen) atoms. The molecule has 1 saturated carbocycles. The van der Waals surface area contributed by atoms with Crippen molar-refractivity contribution >= 4 is 6.03 Å². The van der Waals surface area contributed by atoms with Gasteiger partial charge in [0.1, 0.15) is 0 Å². The summed E-state index contributed by atoms with van der Waals surface area (Å²) in [5, 5.41) is 24.8. The van der Waals surface area contributed by atoms with Gasteiger partial charge in [0.25, 0.3) is 0 Å². The van der Waals surface area contributed by atoms with Crippen LogP contribution in [-0.2, 0) is 4.74 Å². The van der Waals surface area contributed by atoms with Crippen molar-refractivity contribution in [2.75, 3.05) is 20.3 Å². The zero-order valence-electron chi connectivity index (χ0n) is 11.3. The van der Waals surface area contributed by atoms with E-state index in [2.05, 4.69) is 10.6 Å². The van der Waals surface area contributed by atoms with Gasteiger partial charge in [-0.3, -0.25) is 0 Å². The van der Waals surface area contributed by atoms with Gasteiger partial charge in [0.05, 0.1) is 18.8 Å². The third kappa shape index (κ3) is 4.12. The van der Waals surface area contributed by atoms with Crippen molar-refractivity contribution in [2.24, 2.45) is 5.41 Å². The average Bonchev–Trinajstić information content (AvgIpc) is 2.52. The van der Waals surface area contributed by atoms with Crippen molar-refractivity contribution < 1.29 is 19.7 Å². The third-order valence-corrected chi connectivity index (χ3v) is 3.22. The number of urea groups is 1. The van der Waals surface area contributed by atoms with Crippen LogP contribution < -0.4 is 10.6 Å². The van der Waals surface area contributed by atoms with Gasteiger partial charge < -0.3 is 25.6 Å². The zero-order chi connectivity index (χ0) is 13.8. The molecule has 0 aromatic heterocycles. The molecule has 0 saturated heterocycles. The quantitative estimate of drug-likeness (QED) is 0.553. The molecule has 6 heteroatoms. The van der Waals surface area contributed by atoms with Crippen LogP contribution in [0, 0.1) is 5.41 Å². The van der Waals surface area contributed by atoms with E-state index in [-0.39, 0.29) is 17.5 Å². The molecule has 1 fully saturated rings. The van der Waals surface area contributed by atoms with Crippen molar-refractivity contribution in [1.29, 1.82) is 0 Å². The van der Waals surface area contributed by atoms with E-state index in [0.29, 0.717) is 26.0 Å². The van der Waals surface area contributed by atoms with Gasteiger partial charge in [0.2, 0.25) is 0 Å². The summed E-state index contributed by atoms with van der Waals surface area (Å²) in [7, 11) is 1.58. The van der Waals surface area contributed by atoms with Crippen molar-refractivity contribution in [2.45, 2.75) is 44.9 Å². The maximum atomic E-state index is 11.5. The summed E-state index contributed by atoms with van der Waals surface area (Å²) in [6.07, 6.45) is -0.612. The number of methoxy groups -OCH3 is 1. The zero-order valence-corrected chi connectivity index (χ0v) is 11.3. The van der Waals surface area contributed by atoms with E-state index >= 15 is 0 Å². The molecule has 0 radical (unpaired) electrons. The van der Waals surface area contributed by atoms with E-state index in [4.69, 9.17) is 4.74 Å². The van der Waals surface area contributed by atoms with Gasteiger partial charge >= 0.3 is 6.03 Å². The predicted octanol–water partition coefficient (Wildman–Crippen LogP) is -0.158. The lowest BCUT2D eigenvalue weighted by atomic mass is 9.87. The van der Waals surface area contributed by atoms with E-state index in [0.717, 1.165) is 0 Å². The molecule has 1 aliphatic rings. The van der Waals surface area contributed by atoms with Crippen LogP contribution in [0.4, 0.5) is 4.79 Å². The number of nitrogens with one attached hydrogen (secondary N) is 2. The highest BCUT2D eigenvalue weighted by Gasteiger charge is 2.44. The maximum Gasteiger partial charge on any atom is 0.315 e. The van der Waals surface area contributed by atoms with Gasteiger partial charge in [-0.2, -0.15) is 0 Å². The molecule has 0 heterocycles. The number of hydrogen-bond acceptors (Lipinski definition) is 4. The minimum atomic E-state index is -0.741. The highest BCUT2D eigenvalue weighted by atomic mass is 16.5. The highest BCUT2D eigenvalue weighted by molar-refractivity contribution is 5.74. The van der Waals surface area contributed by atoms with Crippen molar-refractivity contribution in [3.63, 3.8) is 0 Å². The Balaban J connectivity index is 2.51. The van der Waals surface area contributed by atoms with Crippen LogP contribution in [0.15, 0.2) is 0 Å². The molecule has 0 bridgehead atoms. The van der Waals surface area contributed by atoms with Crippen LogP contribution in [0.2, 0.25) is 0 Å². The van der Waals surface area contributed by atoms with Gasteiger partial charge in [0, 0.05) is 25.1 Å². The fourth-order valence-electron chi connectivity index (χ4n) is 2.44. The van der Waals surface area contributed by atoms with Gasteiger partial charge in [0.15, 0.2) is 0 Å². The van der Waals surface area contributed by atoms with Crippen molar-refractivity contribution in [3.8, 4) is 0 Å². The third-order valence-electron chi connectivity index (χ3n) is 3.22. The average molecular weight is 260 g/mol. The number of aliphatic hydroxyl groups excluding tert-OH is 2. The Labute approximate surface area is 108 Å². The Bertz CT molecular complexity index is 273. The number of amides is 2. The second-order valence-electron chi connectivity index (χ2n) is 5.46. The summed E-state index contributed by atoms with van der Waals surface area (Å²) in [5.74, 6) is 0. The Morgan fingerprint density at radius 2 is 1.94 bits per heavy atom. The first-order valence-electron chi connectivity index (χ1n) is 6.28. The first-order chi connectivity index (χ1) is 8.38. The van der Waals surface area contributed by atoms with E-state index in [1.807, 2.05) is 13.8 Å². The first-order valence-corrected chi connectivity index (χ1v) is 6.28. The summed E-state index contributed by atoms with van der Waals surface area (Å²) >= 11 is 0. The topological polar surface area (TPSA) is 90.8 Å². The molecular formula is C12H24N2O4. The molecule has 0 spiro atoms. The van der Waals surface area contributed by atoms with Crippen LogP contribution in [0.1, 0.15) is 26.7 Å². The summed E-state index contributed by atoms with van der Waals surface area (Å²) in [6, 6.07) is -0.167. The van der Waals surface area contributed by atoms with Crippen LogP contribution in [0.5, 0.6) is 0 Å². The molecular weight excluding hydrogens is 236 g/mol. The minimum absolute atomic E-state index is 0.0723. The Morgan fingerprint density at radius 3 is 2.39 bits per heavy atom. The molecule has 106 valence electrons. The van der Waals surface area contributed by atoms with Crippen LogP contribution in [0.25, 0.3) is 0 Å². The fraction of sp³-hybridized carbons (Fsp3) is 0.917. The summed E-state index contributed by atoms with van der Waals surface area (Å²) in [6.45, 7) is 4.55. The van der Waals surface area contributed by atoms with Gasteiger partial charge in [-0.1, -0.05) is 0 Å². The number of carbonyl (C=O) groups is 1.